The van der Waals surface area contributed by atoms with Crippen molar-refractivity contribution in [3.05, 3.63) is 29.8 Å². The van der Waals surface area contributed by atoms with E-state index in [1.54, 1.807) is 6.07 Å². The van der Waals surface area contributed by atoms with Gasteiger partial charge in [0.25, 0.3) is 0 Å². The molecule has 0 radical (unpaired) electrons. The Morgan fingerprint density at radius 1 is 1.32 bits per heavy atom. The molecule has 0 aromatic heterocycles. The number of nitrogens with one attached hydrogen (secondary N) is 1. The van der Waals surface area contributed by atoms with Crippen LogP contribution in [0.1, 0.15) is 5.56 Å². The third-order valence-corrected chi connectivity index (χ3v) is 2.48. The van der Waals surface area contributed by atoms with Crippen molar-refractivity contribution in [3.8, 4) is 5.75 Å². The molecule has 7 heteroatoms. The standard InChI is InChI=1S/C12H17F3N2O2/c1-18-11-5-3-2-4-9(11)6-10(17-16)7-19-8-12(13,14)15/h2-5,10,17H,6-8,16H2,1H3. The molecule has 3 N–H and O–H groups in total. The van der Waals surface area contributed by atoms with Crippen LogP contribution >= 0.6 is 0 Å². The lowest BCUT2D eigenvalue weighted by Crippen LogP contribution is -2.41. The Balaban J connectivity index is 2.52. The number of methoxy groups -OCH3 is 1. The maximum Gasteiger partial charge on any atom is 0.411 e. The van der Waals surface area contributed by atoms with Crippen LogP contribution in [0, 0.1) is 0 Å². The highest BCUT2D eigenvalue weighted by atomic mass is 19.4. The molecule has 0 saturated carbocycles. The van der Waals surface area contributed by atoms with Gasteiger partial charge in [0.2, 0.25) is 0 Å². The first-order valence-corrected chi connectivity index (χ1v) is 5.68. The molecule has 19 heavy (non-hydrogen) atoms. The van der Waals surface area contributed by atoms with E-state index in [0.29, 0.717) is 12.2 Å². The zero-order chi connectivity index (χ0) is 14.3. The van der Waals surface area contributed by atoms with E-state index < -0.39 is 18.8 Å². The summed E-state index contributed by atoms with van der Waals surface area (Å²) in [6, 6.07) is 6.82. The maximum absolute atomic E-state index is 12.0. The second-order valence-electron chi connectivity index (χ2n) is 4.01. The Kier molecular flexibility index (Phi) is 6.07. The zero-order valence-electron chi connectivity index (χ0n) is 10.5. The Morgan fingerprint density at radius 3 is 2.58 bits per heavy atom. The van der Waals surface area contributed by atoms with Crippen LogP contribution in [0.5, 0.6) is 5.75 Å². The fraction of sp³-hybridized carbons (Fsp3) is 0.500. The molecular weight excluding hydrogens is 261 g/mol. The van der Waals surface area contributed by atoms with E-state index in [1.165, 1.54) is 7.11 Å². The predicted molar refractivity (Wildman–Crippen MR) is 64.7 cm³/mol. The number of alkyl halides is 3. The molecule has 4 nitrogen and oxygen atoms in total. The summed E-state index contributed by atoms with van der Waals surface area (Å²) in [5.41, 5.74) is 3.29. The summed E-state index contributed by atoms with van der Waals surface area (Å²) in [6.45, 7) is -1.41. The molecule has 0 aliphatic heterocycles. The van der Waals surface area contributed by atoms with Crippen molar-refractivity contribution in [1.29, 1.82) is 0 Å². The van der Waals surface area contributed by atoms with Crippen LogP contribution in [-0.4, -0.2) is 32.5 Å². The molecule has 1 aromatic rings. The van der Waals surface area contributed by atoms with Crippen LogP contribution in [0.2, 0.25) is 0 Å². The largest absolute Gasteiger partial charge is 0.496 e. The minimum absolute atomic E-state index is 0.131. The van der Waals surface area contributed by atoms with Gasteiger partial charge in [0.15, 0.2) is 0 Å². The van der Waals surface area contributed by atoms with Gasteiger partial charge in [0.05, 0.1) is 13.7 Å². The fourth-order valence-electron chi connectivity index (χ4n) is 1.62. The second-order valence-corrected chi connectivity index (χ2v) is 4.01. The van der Waals surface area contributed by atoms with Crippen LogP contribution in [0.3, 0.4) is 0 Å². The number of nitrogens with two attached hydrogens (primary N) is 1. The molecule has 0 bridgehead atoms. The van der Waals surface area contributed by atoms with E-state index in [4.69, 9.17) is 10.6 Å². The van der Waals surface area contributed by atoms with Gasteiger partial charge in [-0.25, -0.2) is 0 Å². The molecule has 0 aliphatic carbocycles. The van der Waals surface area contributed by atoms with Crippen molar-refractivity contribution in [2.75, 3.05) is 20.3 Å². The van der Waals surface area contributed by atoms with E-state index in [-0.39, 0.29) is 6.61 Å². The van der Waals surface area contributed by atoms with Crippen molar-refractivity contribution in [2.24, 2.45) is 5.84 Å². The lowest BCUT2D eigenvalue weighted by molar-refractivity contribution is -0.175. The van der Waals surface area contributed by atoms with Gasteiger partial charge in [0.1, 0.15) is 12.4 Å². The molecular formula is C12H17F3N2O2. The molecule has 1 aromatic carbocycles. The minimum Gasteiger partial charge on any atom is -0.496 e. The minimum atomic E-state index is -4.33. The van der Waals surface area contributed by atoms with Crippen molar-refractivity contribution in [1.82, 2.24) is 5.43 Å². The molecule has 1 unspecified atom stereocenters. The lowest BCUT2D eigenvalue weighted by Gasteiger charge is -2.18. The number of ether oxygens (including phenoxy) is 2. The zero-order valence-corrected chi connectivity index (χ0v) is 10.5. The molecule has 0 amide bonds. The summed E-state index contributed by atoms with van der Waals surface area (Å²) < 4.78 is 45.6. The normalized spacial score (nSPS) is 13.3. The Hall–Kier alpha value is -1.31. The van der Waals surface area contributed by atoms with Crippen LogP contribution in [0.4, 0.5) is 13.2 Å². The topological polar surface area (TPSA) is 56.5 Å². The Morgan fingerprint density at radius 2 is 2.00 bits per heavy atom. The second kappa shape index (κ2) is 7.32. The molecule has 0 heterocycles. The molecule has 108 valence electrons. The van der Waals surface area contributed by atoms with Crippen LogP contribution in [-0.2, 0) is 11.2 Å². The SMILES string of the molecule is COc1ccccc1CC(COCC(F)(F)F)NN. The molecule has 0 saturated heterocycles. The number of rotatable bonds is 7. The molecule has 1 rings (SSSR count). The number of para-hydroxylation sites is 1. The van der Waals surface area contributed by atoms with Gasteiger partial charge in [-0.3, -0.25) is 11.3 Å². The van der Waals surface area contributed by atoms with Gasteiger partial charge < -0.3 is 9.47 Å². The highest BCUT2D eigenvalue weighted by molar-refractivity contribution is 5.33. The Bertz CT molecular complexity index is 385. The summed E-state index contributed by atoms with van der Waals surface area (Å²) >= 11 is 0. The maximum atomic E-state index is 12.0. The third kappa shape index (κ3) is 5.91. The molecule has 0 fully saturated rings. The average Bonchev–Trinajstić information content (AvgIpc) is 2.36. The van der Waals surface area contributed by atoms with Crippen LogP contribution < -0.4 is 16.0 Å². The van der Waals surface area contributed by atoms with Crippen molar-refractivity contribution >= 4 is 0 Å². The van der Waals surface area contributed by atoms with Crippen molar-refractivity contribution in [2.45, 2.75) is 18.6 Å². The lowest BCUT2D eigenvalue weighted by atomic mass is 10.1. The number of hydrazine groups is 1. The monoisotopic (exact) mass is 278 g/mol. The third-order valence-electron chi connectivity index (χ3n) is 2.48. The van der Waals surface area contributed by atoms with Gasteiger partial charge in [-0.2, -0.15) is 13.2 Å². The van der Waals surface area contributed by atoms with Crippen molar-refractivity contribution in [3.63, 3.8) is 0 Å². The molecule has 0 spiro atoms. The van der Waals surface area contributed by atoms with Gasteiger partial charge in [-0.15, -0.1) is 0 Å². The average molecular weight is 278 g/mol. The van der Waals surface area contributed by atoms with Gasteiger partial charge in [-0.05, 0) is 18.1 Å². The van der Waals surface area contributed by atoms with Gasteiger partial charge >= 0.3 is 6.18 Å². The van der Waals surface area contributed by atoms with Gasteiger partial charge in [0, 0.05) is 6.04 Å². The van der Waals surface area contributed by atoms with Crippen LogP contribution in [0.25, 0.3) is 0 Å². The summed E-state index contributed by atoms with van der Waals surface area (Å²) in [5, 5.41) is 0. The summed E-state index contributed by atoms with van der Waals surface area (Å²) in [5.74, 6) is 5.98. The number of hydrogen-bond donors (Lipinski definition) is 2. The predicted octanol–water partition coefficient (Wildman–Crippen LogP) is 1.65. The van der Waals surface area contributed by atoms with E-state index >= 15 is 0 Å². The van der Waals surface area contributed by atoms with E-state index in [0.717, 1.165) is 5.56 Å². The smallest absolute Gasteiger partial charge is 0.411 e. The van der Waals surface area contributed by atoms with E-state index in [2.05, 4.69) is 10.2 Å². The number of benzene rings is 1. The highest BCUT2D eigenvalue weighted by Gasteiger charge is 2.27. The summed E-state index contributed by atoms with van der Waals surface area (Å²) in [4.78, 5) is 0. The number of hydrogen-bond acceptors (Lipinski definition) is 4. The van der Waals surface area contributed by atoms with E-state index in [9.17, 15) is 13.2 Å². The first kappa shape index (κ1) is 15.7. The molecule has 1 atom stereocenters. The quantitative estimate of drug-likeness (QED) is 0.588. The highest BCUT2D eigenvalue weighted by Crippen LogP contribution is 2.19. The molecule has 0 aliphatic rings. The first-order chi connectivity index (χ1) is 8.96. The van der Waals surface area contributed by atoms with Crippen molar-refractivity contribution < 1.29 is 22.6 Å². The first-order valence-electron chi connectivity index (χ1n) is 5.68. The Labute approximate surface area is 109 Å². The number of halogens is 3. The fourth-order valence-corrected chi connectivity index (χ4v) is 1.62. The van der Waals surface area contributed by atoms with E-state index in [1.807, 2.05) is 18.2 Å². The summed E-state index contributed by atoms with van der Waals surface area (Å²) in [7, 11) is 1.53. The van der Waals surface area contributed by atoms with Crippen LogP contribution in [0.15, 0.2) is 24.3 Å². The van der Waals surface area contributed by atoms with Gasteiger partial charge in [-0.1, -0.05) is 18.2 Å². The summed E-state index contributed by atoms with van der Waals surface area (Å²) in [6.07, 6.45) is -3.91.